The van der Waals surface area contributed by atoms with Crippen LogP contribution in [-0.2, 0) is 4.74 Å². The van der Waals surface area contributed by atoms with Gasteiger partial charge in [-0.3, -0.25) is 0 Å². The summed E-state index contributed by atoms with van der Waals surface area (Å²) < 4.78 is 4.55. The van der Waals surface area contributed by atoms with E-state index in [2.05, 4.69) is 21.9 Å². The number of carbonyl (C=O) groups is 1. The molecule has 1 amide bonds. The normalized spacial score (nSPS) is 13.7. The van der Waals surface area contributed by atoms with E-state index in [0.29, 0.717) is 6.54 Å². The molecule has 0 saturated carbocycles. The summed E-state index contributed by atoms with van der Waals surface area (Å²) in [6.07, 6.45) is -0.676. The van der Waals surface area contributed by atoms with Gasteiger partial charge in [0, 0.05) is 13.5 Å². The maximum atomic E-state index is 10.8. The largest absolute Gasteiger partial charge is 0.410 e. The van der Waals surface area contributed by atoms with Gasteiger partial charge in [0.2, 0.25) is 0 Å². The van der Waals surface area contributed by atoms with Gasteiger partial charge in [0.1, 0.15) is 0 Å². The van der Waals surface area contributed by atoms with Gasteiger partial charge in [0.25, 0.3) is 5.79 Å². The van der Waals surface area contributed by atoms with Crippen molar-refractivity contribution in [2.24, 2.45) is 0 Å². The minimum Gasteiger partial charge on any atom is -0.405 e. The van der Waals surface area contributed by atoms with Crippen molar-refractivity contribution in [1.29, 1.82) is 0 Å². The lowest BCUT2D eigenvalue weighted by Crippen LogP contribution is -2.35. The highest BCUT2D eigenvalue weighted by molar-refractivity contribution is 5.67. The Morgan fingerprint density at radius 3 is 2.75 bits per heavy atom. The third-order valence-electron chi connectivity index (χ3n) is 0.969. The maximum Gasteiger partial charge on any atom is 0.410 e. The molecule has 0 aliphatic heterocycles. The predicted molar refractivity (Wildman–Crippen MR) is 44.2 cm³/mol. The molecule has 0 aromatic heterocycles. The number of nitrogens with one attached hydrogen (secondary N) is 1. The van der Waals surface area contributed by atoms with E-state index in [0.717, 1.165) is 0 Å². The molecule has 0 heterocycles. The summed E-state index contributed by atoms with van der Waals surface area (Å²) in [5.41, 5.74) is 0. The molecule has 12 heavy (non-hydrogen) atoms. The van der Waals surface area contributed by atoms with Gasteiger partial charge in [-0.2, -0.15) is 0 Å². The molecule has 0 saturated heterocycles. The van der Waals surface area contributed by atoms with Crippen molar-refractivity contribution < 1.29 is 14.6 Å². The number of carbonyl (C=O) groups excluding carboxylic acids is 1. The van der Waals surface area contributed by atoms with Crippen molar-refractivity contribution in [3.8, 4) is 11.8 Å². The van der Waals surface area contributed by atoms with Crippen LogP contribution in [0.1, 0.15) is 20.8 Å². The van der Waals surface area contributed by atoms with Crippen LogP contribution in [0.4, 0.5) is 4.79 Å². The number of rotatable bonds is 2. The summed E-state index contributed by atoms with van der Waals surface area (Å²) in [5.74, 6) is 3.08. The lowest BCUT2D eigenvalue weighted by atomic mass is 10.3. The van der Waals surface area contributed by atoms with Gasteiger partial charge in [0.15, 0.2) is 0 Å². The quantitative estimate of drug-likeness (QED) is 0.469. The van der Waals surface area contributed by atoms with E-state index in [9.17, 15) is 9.90 Å². The van der Waals surface area contributed by atoms with Crippen LogP contribution >= 0.6 is 0 Å². The Balaban J connectivity index is 4.02. The van der Waals surface area contributed by atoms with Gasteiger partial charge in [-0.25, -0.2) is 4.79 Å². The lowest BCUT2D eigenvalue weighted by molar-refractivity contribution is -0.0981. The van der Waals surface area contributed by atoms with Gasteiger partial charge >= 0.3 is 6.09 Å². The zero-order valence-electron chi connectivity index (χ0n) is 7.47. The molecule has 0 aliphatic carbocycles. The van der Waals surface area contributed by atoms with E-state index in [1.165, 1.54) is 6.92 Å². The molecule has 1 atom stereocenters. The maximum absolute atomic E-state index is 10.8. The molecule has 4 heteroatoms. The minimum absolute atomic E-state index is 0.453. The number of ether oxygens (including phenoxy) is 1. The minimum atomic E-state index is -1.70. The predicted octanol–water partition coefficient (Wildman–Crippen LogP) is 0.464. The fourth-order valence-electron chi connectivity index (χ4n) is 0.618. The molecular formula is C8H13NO3. The first-order valence-electron chi connectivity index (χ1n) is 3.65. The van der Waals surface area contributed by atoms with Gasteiger partial charge in [-0.1, -0.05) is 5.92 Å². The zero-order valence-corrected chi connectivity index (χ0v) is 7.47. The fourth-order valence-corrected chi connectivity index (χ4v) is 0.618. The number of hydrogen-bond acceptors (Lipinski definition) is 3. The average molecular weight is 171 g/mol. The first kappa shape index (κ1) is 10.8. The van der Waals surface area contributed by atoms with Crippen LogP contribution in [0.25, 0.3) is 0 Å². The standard InChI is InChI=1S/C8H13NO3/c1-4-6-8(3,11)12-7(10)9-5-2/h11H,5H2,1-3H3,(H,9,10). The van der Waals surface area contributed by atoms with Crippen molar-refractivity contribution in [1.82, 2.24) is 5.32 Å². The van der Waals surface area contributed by atoms with Crippen LogP contribution in [0.3, 0.4) is 0 Å². The van der Waals surface area contributed by atoms with E-state index in [-0.39, 0.29) is 0 Å². The molecule has 2 N–H and O–H groups in total. The molecule has 0 radical (unpaired) electrons. The number of aliphatic hydroxyl groups is 1. The molecule has 0 fully saturated rings. The summed E-state index contributed by atoms with van der Waals surface area (Å²) in [6, 6.07) is 0. The highest BCUT2D eigenvalue weighted by Gasteiger charge is 2.21. The number of hydrogen-bond donors (Lipinski definition) is 2. The van der Waals surface area contributed by atoms with Gasteiger partial charge in [-0.15, -0.1) is 0 Å². The van der Waals surface area contributed by atoms with E-state index >= 15 is 0 Å². The Morgan fingerprint density at radius 2 is 2.33 bits per heavy atom. The summed E-state index contributed by atoms with van der Waals surface area (Å²) in [7, 11) is 0. The van der Waals surface area contributed by atoms with Crippen molar-refractivity contribution in [2.45, 2.75) is 26.6 Å². The summed E-state index contributed by atoms with van der Waals surface area (Å²) in [6.45, 7) is 5.06. The van der Waals surface area contributed by atoms with Crippen LogP contribution in [0.15, 0.2) is 0 Å². The first-order valence-corrected chi connectivity index (χ1v) is 3.65. The van der Waals surface area contributed by atoms with Crippen LogP contribution in [0, 0.1) is 11.8 Å². The summed E-state index contributed by atoms with van der Waals surface area (Å²) in [5, 5.41) is 11.6. The Kier molecular flexibility index (Phi) is 4.16. The van der Waals surface area contributed by atoms with E-state index < -0.39 is 11.9 Å². The van der Waals surface area contributed by atoms with Crippen molar-refractivity contribution in [3.05, 3.63) is 0 Å². The second kappa shape index (κ2) is 4.62. The van der Waals surface area contributed by atoms with Gasteiger partial charge < -0.3 is 15.2 Å². The second-order valence-corrected chi connectivity index (χ2v) is 2.28. The Hall–Kier alpha value is -1.21. The smallest absolute Gasteiger partial charge is 0.405 e. The van der Waals surface area contributed by atoms with Crippen molar-refractivity contribution >= 4 is 6.09 Å². The molecule has 4 nitrogen and oxygen atoms in total. The molecule has 0 aliphatic rings. The number of amides is 1. The lowest BCUT2D eigenvalue weighted by Gasteiger charge is -2.16. The number of alkyl carbamates (subject to hydrolysis) is 1. The first-order chi connectivity index (χ1) is 5.52. The summed E-state index contributed by atoms with van der Waals surface area (Å²) >= 11 is 0. The molecule has 0 rings (SSSR count). The average Bonchev–Trinajstić information content (AvgIpc) is 1.85. The van der Waals surface area contributed by atoms with Gasteiger partial charge in [-0.05, 0) is 19.8 Å². The molecule has 0 spiro atoms. The van der Waals surface area contributed by atoms with E-state index in [1.807, 2.05) is 0 Å². The third kappa shape index (κ3) is 4.58. The third-order valence-corrected chi connectivity index (χ3v) is 0.969. The van der Waals surface area contributed by atoms with Crippen LogP contribution < -0.4 is 5.32 Å². The van der Waals surface area contributed by atoms with Crippen LogP contribution in [0.5, 0.6) is 0 Å². The highest BCUT2D eigenvalue weighted by Crippen LogP contribution is 2.03. The molecule has 0 bridgehead atoms. The van der Waals surface area contributed by atoms with Crippen LogP contribution in [0.2, 0.25) is 0 Å². The molecule has 0 aromatic carbocycles. The Labute approximate surface area is 71.9 Å². The zero-order chi connectivity index (χ0) is 9.61. The topological polar surface area (TPSA) is 58.6 Å². The monoisotopic (exact) mass is 171 g/mol. The van der Waals surface area contributed by atoms with Crippen molar-refractivity contribution in [3.63, 3.8) is 0 Å². The second-order valence-electron chi connectivity index (χ2n) is 2.28. The Bertz CT molecular complexity index is 212. The van der Waals surface area contributed by atoms with E-state index in [1.54, 1.807) is 13.8 Å². The van der Waals surface area contributed by atoms with Gasteiger partial charge in [0.05, 0.1) is 0 Å². The fraction of sp³-hybridized carbons (Fsp3) is 0.625. The van der Waals surface area contributed by atoms with E-state index in [4.69, 9.17) is 0 Å². The summed E-state index contributed by atoms with van der Waals surface area (Å²) in [4.78, 5) is 10.8. The SMILES string of the molecule is CC#CC(C)(O)OC(=O)NCC. The molecule has 68 valence electrons. The highest BCUT2D eigenvalue weighted by atomic mass is 16.7. The molecule has 0 aromatic rings. The van der Waals surface area contributed by atoms with Crippen LogP contribution in [-0.4, -0.2) is 23.5 Å². The van der Waals surface area contributed by atoms with Crippen molar-refractivity contribution in [2.75, 3.05) is 6.54 Å². The Morgan fingerprint density at radius 1 is 1.75 bits per heavy atom. The molecule has 1 unspecified atom stereocenters. The molecular weight excluding hydrogens is 158 g/mol.